The second-order valence-corrected chi connectivity index (χ2v) is 10.7. The van der Waals surface area contributed by atoms with Crippen LogP contribution in [0.4, 0.5) is 19.0 Å². The molecule has 2 aromatic heterocycles. The molecule has 2 aliphatic rings. The molecule has 1 saturated heterocycles. The van der Waals surface area contributed by atoms with Crippen LogP contribution in [0.15, 0.2) is 12.7 Å². The first kappa shape index (κ1) is 31.7. The maximum Gasteiger partial charge on any atom is 0.257 e. The van der Waals surface area contributed by atoms with Gasteiger partial charge in [-0.3, -0.25) is 0 Å². The zero-order chi connectivity index (χ0) is 28.9. The van der Waals surface area contributed by atoms with E-state index < -0.39 is 23.5 Å². The third-order valence-corrected chi connectivity index (χ3v) is 6.30. The van der Waals surface area contributed by atoms with Crippen LogP contribution in [-0.2, 0) is 0 Å². The van der Waals surface area contributed by atoms with Gasteiger partial charge in [-0.1, -0.05) is 52.4 Å². The highest BCUT2D eigenvalue weighted by Gasteiger charge is 2.32. The Hall–Kier alpha value is -3.53. The Morgan fingerprint density at radius 3 is 1.77 bits per heavy atom. The van der Waals surface area contributed by atoms with E-state index in [1.54, 1.807) is 13.8 Å². The molecule has 0 atom stereocenters. The molecule has 10 heteroatoms. The van der Waals surface area contributed by atoms with Crippen LogP contribution >= 0.6 is 0 Å². The van der Waals surface area contributed by atoms with Gasteiger partial charge in [0.05, 0.1) is 0 Å². The fourth-order valence-electron chi connectivity index (χ4n) is 4.08. The van der Waals surface area contributed by atoms with Crippen molar-refractivity contribution in [3.8, 4) is 35.4 Å². The summed E-state index contributed by atoms with van der Waals surface area (Å²) in [5.74, 6) is 7.40. The largest absolute Gasteiger partial charge is 0.462 e. The third-order valence-electron chi connectivity index (χ3n) is 6.30. The van der Waals surface area contributed by atoms with E-state index in [0.29, 0.717) is 11.2 Å². The van der Waals surface area contributed by atoms with Crippen molar-refractivity contribution in [1.29, 1.82) is 0 Å². The normalized spacial score (nSPS) is 16.3. The van der Waals surface area contributed by atoms with Crippen molar-refractivity contribution < 1.29 is 22.6 Å². The van der Waals surface area contributed by atoms with Crippen LogP contribution in [0, 0.1) is 52.1 Å². The van der Waals surface area contributed by atoms with Gasteiger partial charge in [-0.05, 0) is 43.9 Å². The summed E-state index contributed by atoms with van der Waals surface area (Å²) in [4.78, 5) is 16.2. The molecule has 1 aliphatic carbocycles. The van der Waals surface area contributed by atoms with Crippen molar-refractivity contribution in [2.24, 2.45) is 10.8 Å². The Labute approximate surface area is 230 Å². The Bertz CT molecular complexity index is 1190. The summed E-state index contributed by atoms with van der Waals surface area (Å²) in [6.07, 6.45) is 9.07. The first-order valence-electron chi connectivity index (χ1n) is 13.0. The van der Waals surface area contributed by atoms with Gasteiger partial charge in [-0.2, -0.15) is 23.1 Å². The van der Waals surface area contributed by atoms with Crippen molar-refractivity contribution in [1.82, 2.24) is 19.9 Å². The minimum Gasteiger partial charge on any atom is -0.462 e. The van der Waals surface area contributed by atoms with Gasteiger partial charge in [0.25, 0.3) is 17.7 Å². The Morgan fingerprint density at radius 1 is 0.769 bits per heavy atom. The van der Waals surface area contributed by atoms with Crippen LogP contribution in [0.3, 0.4) is 0 Å². The van der Waals surface area contributed by atoms with E-state index in [4.69, 9.17) is 9.47 Å². The minimum atomic E-state index is -1.23. The van der Waals surface area contributed by atoms with Gasteiger partial charge in [0.1, 0.15) is 12.7 Å². The summed E-state index contributed by atoms with van der Waals surface area (Å²) in [5.41, 5.74) is 0.881. The molecule has 212 valence electrons. The lowest BCUT2D eigenvalue weighted by atomic mass is 9.92. The van der Waals surface area contributed by atoms with Gasteiger partial charge >= 0.3 is 0 Å². The molecule has 4 rings (SSSR count). The predicted molar refractivity (Wildman–Crippen MR) is 145 cm³/mol. The van der Waals surface area contributed by atoms with Crippen LogP contribution in [0.5, 0.6) is 11.8 Å². The van der Waals surface area contributed by atoms with Gasteiger partial charge in [-0.15, -0.1) is 11.8 Å². The van der Waals surface area contributed by atoms with Crippen molar-refractivity contribution >= 4 is 5.82 Å². The lowest BCUT2D eigenvalue weighted by Gasteiger charge is -2.21. The average molecular weight is 546 g/mol. The molecule has 1 aliphatic heterocycles. The van der Waals surface area contributed by atoms with E-state index in [1.807, 2.05) is 4.90 Å². The van der Waals surface area contributed by atoms with Crippen LogP contribution < -0.4 is 14.4 Å². The number of rotatable bonds is 5. The standard InChI is InChI=1S/C14H18FN3O.C8H6F2N2O.C7H14/c1-4-5-8-19-13-11(15)12(16-10-17-13)18-7-6-14(2,3)9-18;1-2-3-4-13-8-6(9)7(10)11-5-12-8;1-7(2)5-3-4-6-7/h10H,6-9H2,1-3H3;5H,4H2,1H3;3-6H2,1-2H3. The highest BCUT2D eigenvalue weighted by atomic mass is 19.2. The van der Waals surface area contributed by atoms with Crippen molar-refractivity contribution in [2.75, 3.05) is 31.2 Å². The Morgan fingerprint density at radius 2 is 1.31 bits per heavy atom. The quantitative estimate of drug-likeness (QED) is 0.337. The molecular weight excluding hydrogens is 507 g/mol. The first-order chi connectivity index (χ1) is 18.5. The lowest BCUT2D eigenvalue weighted by Crippen LogP contribution is -2.25. The molecule has 1 saturated carbocycles. The van der Waals surface area contributed by atoms with Gasteiger partial charge < -0.3 is 14.4 Å². The molecule has 0 amide bonds. The molecule has 2 aromatic rings. The minimum absolute atomic E-state index is 0.0239. The third kappa shape index (κ3) is 10.6. The fourth-order valence-corrected chi connectivity index (χ4v) is 4.08. The SMILES string of the molecule is CC#CCOc1ncnc(F)c1F.CC#CCOc1ncnc(N2CCC(C)(C)C2)c1F.CC1(C)CCCC1. The second-order valence-electron chi connectivity index (χ2n) is 10.7. The van der Waals surface area contributed by atoms with Gasteiger partial charge in [0.15, 0.2) is 19.0 Å². The maximum absolute atomic E-state index is 14.3. The number of nitrogens with zero attached hydrogens (tertiary/aromatic N) is 5. The van der Waals surface area contributed by atoms with E-state index in [2.05, 4.69) is 71.3 Å². The molecule has 0 unspecified atom stereocenters. The second kappa shape index (κ2) is 15.2. The van der Waals surface area contributed by atoms with Crippen molar-refractivity contribution in [3.63, 3.8) is 0 Å². The summed E-state index contributed by atoms with van der Waals surface area (Å²) in [5, 5.41) is 0. The number of hydrogen-bond acceptors (Lipinski definition) is 7. The molecule has 0 aromatic carbocycles. The molecule has 39 heavy (non-hydrogen) atoms. The van der Waals surface area contributed by atoms with Gasteiger partial charge in [-0.25, -0.2) is 9.97 Å². The highest BCUT2D eigenvalue weighted by molar-refractivity contribution is 5.44. The van der Waals surface area contributed by atoms with Crippen LogP contribution in [-0.4, -0.2) is 46.2 Å². The first-order valence-corrected chi connectivity index (χ1v) is 13.0. The Balaban J connectivity index is 0.000000229. The molecule has 0 N–H and O–H groups in total. The van der Waals surface area contributed by atoms with Gasteiger partial charge in [0.2, 0.25) is 11.6 Å². The zero-order valence-corrected chi connectivity index (χ0v) is 23.7. The predicted octanol–water partition coefficient (Wildman–Crippen LogP) is 6.00. The number of halogens is 3. The Kier molecular flexibility index (Phi) is 12.3. The molecule has 0 bridgehead atoms. The summed E-state index contributed by atoms with van der Waals surface area (Å²) < 4.78 is 49.4. The maximum atomic E-state index is 14.3. The number of aromatic nitrogens is 4. The summed E-state index contributed by atoms with van der Waals surface area (Å²) in [6.45, 7) is 14.1. The van der Waals surface area contributed by atoms with E-state index >= 15 is 0 Å². The number of ether oxygens (including phenoxy) is 2. The van der Waals surface area contributed by atoms with E-state index in [-0.39, 0.29) is 24.5 Å². The lowest BCUT2D eigenvalue weighted by molar-refractivity contribution is 0.317. The van der Waals surface area contributed by atoms with Gasteiger partial charge in [0, 0.05) is 13.1 Å². The molecule has 0 radical (unpaired) electrons. The molecule has 0 spiro atoms. The monoisotopic (exact) mass is 545 g/mol. The fraction of sp³-hybridized carbons (Fsp3) is 0.586. The van der Waals surface area contributed by atoms with E-state index in [9.17, 15) is 13.2 Å². The molecule has 2 fully saturated rings. The number of hydrogen-bond donors (Lipinski definition) is 0. The molecular formula is C29H38F3N5O2. The topological polar surface area (TPSA) is 73.3 Å². The van der Waals surface area contributed by atoms with E-state index in [1.165, 1.54) is 32.0 Å². The number of anilines is 1. The van der Waals surface area contributed by atoms with Crippen LogP contribution in [0.1, 0.15) is 73.6 Å². The summed E-state index contributed by atoms with van der Waals surface area (Å²) in [6, 6.07) is 0. The van der Waals surface area contributed by atoms with Crippen molar-refractivity contribution in [2.45, 2.75) is 73.6 Å². The zero-order valence-electron chi connectivity index (χ0n) is 23.7. The molecule has 7 nitrogen and oxygen atoms in total. The van der Waals surface area contributed by atoms with Crippen molar-refractivity contribution in [3.05, 3.63) is 30.2 Å². The van der Waals surface area contributed by atoms with Crippen LogP contribution in [0.2, 0.25) is 0 Å². The summed E-state index contributed by atoms with van der Waals surface area (Å²) in [7, 11) is 0. The average Bonchev–Trinajstić information content (AvgIpc) is 3.47. The van der Waals surface area contributed by atoms with Crippen LogP contribution in [0.25, 0.3) is 0 Å². The smallest absolute Gasteiger partial charge is 0.257 e. The molecule has 3 heterocycles. The highest BCUT2D eigenvalue weighted by Crippen LogP contribution is 2.36. The summed E-state index contributed by atoms with van der Waals surface area (Å²) >= 11 is 0. The van der Waals surface area contributed by atoms with E-state index in [0.717, 1.165) is 25.8 Å².